The fraction of sp³-hybridized carbons (Fsp3) is 0.286. The van der Waals surface area contributed by atoms with Gasteiger partial charge in [-0.2, -0.15) is 0 Å². The van der Waals surface area contributed by atoms with E-state index in [0.717, 1.165) is 17.4 Å². The SMILES string of the molecule is CCc1ccc(C(C)Nc2c(F)cc(F)cc2Br)s1. The predicted molar refractivity (Wildman–Crippen MR) is 79.8 cm³/mol. The first-order valence-electron chi connectivity index (χ1n) is 6.01. The lowest BCUT2D eigenvalue weighted by Crippen LogP contribution is -2.07. The van der Waals surface area contributed by atoms with Crippen LogP contribution in [0.25, 0.3) is 0 Å². The number of anilines is 1. The molecule has 102 valence electrons. The Labute approximate surface area is 123 Å². The molecule has 0 aliphatic carbocycles. The topological polar surface area (TPSA) is 12.0 Å². The average Bonchev–Trinajstić information content (AvgIpc) is 2.82. The highest BCUT2D eigenvalue weighted by Gasteiger charge is 2.14. The molecule has 0 fully saturated rings. The Morgan fingerprint density at radius 1 is 1.32 bits per heavy atom. The van der Waals surface area contributed by atoms with Crippen molar-refractivity contribution in [3.8, 4) is 0 Å². The molecule has 2 aromatic rings. The molecule has 0 spiro atoms. The highest BCUT2D eigenvalue weighted by atomic mass is 79.9. The normalized spacial score (nSPS) is 12.5. The summed E-state index contributed by atoms with van der Waals surface area (Å²) >= 11 is 4.88. The van der Waals surface area contributed by atoms with Crippen LogP contribution in [-0.4, -0.2) is 0 Å². The van der Waals surface area contributed by atoms with Crippen molar-refractivity contribution in [3.63, 3.8) is 0 Å². The Hall–Kier alpha value is -0.940. The van der Waals surface area contributed by atoms with E-state index in [1.807, 2.05) is 13.0 Å². The van der Waals surface area contributed by atoms with Gasteiger partial charge in [0.05, 0.1) is 11.7 Å². The minimum absolute atomic E-state index is 0.0263. The second kappa shape index (κ2) is 6.01. The van der Waals surface area contributed by atoms with Crippen LogP contribution in [0.1, 0.15) is 29.6 Å². The zero-order valence-corrected chi connectivity index (χ0v) is 13.0. The van der Waals surface area contributed by atoms with E-state index >= 15 is 0 Å². The van der Waals surface area contributed by atoms with Gasteiger partial charge in [0.2, 0.25) is 0 Å². The number of hydrogen-bond donors (Lipinski definition) is 1. The predicted octanol–water partition coefficient (Wildman–Crippen LogP) is 5.52. The molecule has 5 heteroatoms. The van der Waals surface area contributed by atoms with Crippen LogP contribution in [0, 0.1) is 11.6 Å². The standard InChI is InChI=1S/C14H14BrF2NS/c1-3-10-4-5-13(19-10)8(2)18-14-11(15)6-9(16)7-12(14)17/h4-8,18H,3H2,1-2H3. The third kappa shape index (κ3) is 3.34. The molecule has 1 atom stereocenters. The summed E-state index contributed by atoms with van der Waals surface area (Å²) < 4.78 is 27.1. The smallest absolute Gasteiger partial charge is 0.150 e. The molecule has 1 heterocycles. The van der Waals surface area contributed by atoms with Crippen LogP contribution < -0.4 is 5.32 Å². The van der Waals surface area contributed by atoms with E-state index in [2.05, 4.69) is 34.2 Å². The van der Waals surface area contributed by atoms with Crippen LogP contribution in [0.4, 0.5) is 14.5 Å². The second-order valence-electron chi connectivity index (χ2n) is 4.27. The summed E-state index contributed by atoms with van der Waals surface area (Å²) in [5.41, 5.74) is 0.292. The van der Waals surface area contributed by atoms with E-state index < -0.39 is 11.6 Å². The fourth-order valence-electron chi connectivity index (χ4n) is 1.78. The van der Waals surface area contributed by atoms with Crippen molar-refractivity contribution in [2.45, 2.75) is 26.3 Å². The Morgan fingerprint density at radius 2 is 2.05 bits per heavy atom. The van der Waals surface area contributed by atoms with E-state index in [-0.39, 0.29) is 6.04 Å². The van der Waals surface area contributed by atoms with E-state index in [4.69, 9.17) is 0 Å². The number of aryl methyl sites for hydroxylation is 1. The Kier molecular flexibility index (Phi) is 4.58. The van der Waals surface area contributed by atoms with Crippen molar-refractivity contribution in [2.24, 2.45) is 0 Å². The second-order valence-corrected chi connectivity index (χ2v) is 6.32. The molecule has 0 aliphatic heterocycles. The maximum Gasteiger partial charge on any atom is 0.150 e. The first kappa shape index (κ1) is 14.5. The van der Waals surface area contributed by atoms with Crippen molar-refractivity contribution in [2.75, 3.05) is 5.32 Å². The van der Waals surface area contributed by atoms with Crippen molar-refractivity contribution >= 4 is 33.0 Å². The summed E-state index contributed by atoms with van der Waals surface area (Å²) in [6.07, 6.45) is 0.992. The van der Waals surface area contributed by atoms with E-state index in [1.54, 1.807) is 11.3 Å². The Morgan fingerprint density at radius 3 is 2.63 bits per heavy atom. The number of hydrogen-bond acceptors (Lipinski definition) is 2. The molecule has 0 saturated carbocycles. The lowest BCUT2D eigenvalue weighted by atomic mass is 10.2. The third-order valence-electron chi connectivity index (χ3n) is 2.83. The van der Waals surface area contributed by atoms with Crippen LogP contribution >= 0.6 is 27.3 Å². The minimum Gasteiger partial charge on any atom is -0.374 e. The first-order chi connectivity index (χ1) is 9.01. The summed E-state index contributed by atoms with van der Waals surface area (Å²) in [5.74, 6) is -1.18. The lowest BCUT2D eigenvalue weighted by molar-refractivity contribution is 0.582. The van der Waals surface area contributed by atoms with Crippen LogP contribution in [0.3, 0.4) is 0 Å². The largest absolute Gasteiger partial charge is 0.374 e. The molecule has 19 heavy (non-hydrogen) atoms. The molecule has 0 saturated heterocycles. The van der Waals surface area contributed by atoms with Crippen LogP contribution in [0.5, 0.6) is 0 Å². The number of thiophene rings is 1. The van der Waals surface area contributed by atoms with Crippen LogP contribution in [0.15, 0.2) is 28.7 Å². The lowest BCUT2D eigenvalue weighted by Gasteiger charge is -2.16. The molecular formula is C14H14BrF2NS. The third-order valence-corrected chi connectivity index (χ3v) is 4.86. The monoisotopic (exact) mass is 345 g/mol. The quantitative estimate of drug-likeness (QED) is 0.768. The highest BCUT2D eigenvalue weighted by molar-refractivity contribution is 9.10. The molecule has 0 bridgehead atoms. The molecule has 0 aliphatic rings. The maximum atomic E-state index is 13.7. The molecule has 1 N–H and O–H groups in total. The molecule has 1 unspecified atom stereocenters. The van der Waals surface area contributed by atoms with Gasteiger partial charge in [-0.15, -0.1) is 11.3 Å². The molecular weight excluding hydrogens is 332 g/mol. The Bertz CT molecular complexity index is 560. The van der Waals surface area contributed by atoms with Crippen molar-refractivity contribution in [1.29, 1.82) is 0 Å². The zero-order chi connectivity index (χ0) is 14.0. The number of halogens is 3. The number of benzene rings is 1. The first-order valence-corrected chi connectivity index (χ1v) is 7.62. The van der Waals surface area contributed by atoms with Crippen molar-refractivity contribution in [3.05, 3.63) is 50.1 Å². The van der Waals surface area contributed by atoms with Crippen LogP contribution in [0.2, 0.25) is 0 Å². The van der Waals surface area contributed by atoms with Crippen molar-refractivity contribution in [1.82, 2.24) is 0 Å². The maximum absolute atomic E-state index is 13.7. The minimum atomic E-state index is -0.592. The highest BCUT2D eigenvalue weighted by Crippen LogP contribution is 2.32. The zero-order valence-electron chi connectivity index (χ0n) is 10.6. The summed E-state index contributed by atoms with van der Waals surface area (Å²) in [7, 11) is 0. The van der Waals surface area contributed by atoms with E-state index in [9.17, 15) is 8.78 Å². The van der Waals surface area contributed by atoms with E-state index in [0.29, 0.717) is 10.2 Å². The Balaban J connectivity index is 2.21. The molecule has 1 aromatic heterocycles. The molecule has 0 radical (unpaired) electrons. The van der Waals surface area contributed by atoms with Gasteiger partial charge in [-0.3, -0.25) is 0 Å². The van der Waals surface area contributed by atoms with Gasteiger partial charge in [-0.05, 0) is 47.5 Å². The van der Waals surface area contributed by atoms with Gasteiger partial charge in [-0.25, -0.2) is 8.78 Å². The van der Waals surface area contributed by atoms with Gasteiger partial charge in [0.15, 0.2) is 0 Å². The average molecular weight is 346 g/mol. The van der Waals surface area contributed by atoms with Gasteiger partial charge < -0.3 is 5.32 Å². The van der Waals surface area contributed by atoms with Gasteiger partial charge in [0.1, 0.15) is 11.6 Å². The van der Waals surface area contributed by atoms with Crippen molar-refractivity contribution < 1.29 is 8.78 Å². The summed E-state index contributed by atoms with van der Waals surface area (Å²) in [6, 6.07) is 6.22. The fourth-order valence-corrected chi connectivity index (χ4v) is 3.26. The molecule has 1 nitrogen and oxygen atoms in total. The summed E-state index contributed by atoms with van der Waals surface area (Å²) in [5, 5.41) is 3.08. The number of rotatable bonds is 4. The van der Waals surface area contributed by atoms with Gasteiger partial charge in [0.25, 0.3) is 0 Å². The summed E-state index contributed by atoms with van der Waals surface area (Å²) in [6.45, 7) is 4.06. The molecule has 0 amide bonds. The van der Waals surface area contributed by atoms with Crippen LogP contribution in [-0.2, 0) is 6.42 Å². The van der Waals surface area contributed by atoms with Gasteiger partial charge >= 0.3 is 0 Å². The summed E-state index contributed by atoms with van der Waals surface area (Å²) in [4.78, 5) is 2.43. The van der Waals surface area contributed by atoms with Gasteiger partial charge in [-0.1, -0.05) is 6.92 Å². The molecule has 2 rings (SSSR count). The van der Waals surface area contributed by atoms with Gasteiger partial charge in [0, 0.05) is 20.3 Å². The van der Waals surface area contributed by atoms with E-state index in [1.165, 1.54) is 10.9 Å². The number of nitrogens with one attached hydrogen (secondary N) is 1. The molecule has 1 aromatic carbocycles.